The third kappa shape index (κ3) is 4.17. The molecule has 0 unspecified atom stereocenters. The number of hydrogen-bond acceptors (Lipinski definition) is 5. The summed E-state index contributed by atoms with van der Waals surface area (Å²) >= 11 is 0. The van der Waals surface area contributed by atoms with E-state index in [1.54, 1.807) is 0 Å². The molecule has 2 heterocycles. The summed E-state index contributed by atoms with van der Waals surface area (Å²) in [7, 11) is -4.94. The lowest BCUT2D eigenvalue weighted by atomic mass is 10.2. The molecule has 2 rings (SSSR count). The van der Waals surface area contributed by atoms with Crippen LogP contribution in [0, 0.1) is 31.0 Å². The van der Waals surface area contributed by atoms with Crippen molar-refractivity contribution in [1.82, 2.24) is 4.98 Å². The Bertz CT molecular complexity index is 548. The van der Waals surface area contributed by atoms with Crippen LogP contribution in [-0.4, -0.2) is 4.98 Å². The summed E-state index contributed by atoms with van der Waals surface area (Å²) in [5.74, 6) is 0. The summed E-state index contributed by atoms with van der Waals surface area (Å²) < 4.78 is 36.1. The van der Waals surface area contributed by atoms with Gasteiger partial charge >= 0.3 is 5.65 Å². The van der Waals surface area contributed by atoms with Crippen LogP contribution in [0.1, 0.15) is 16.8 Å². The van der Waals surface area contributed by atoms with E-state index in [0.717, 1.165) is 5.65 Å². The number of halogens is 1. The van der Waals surface area contributed by atoms with E-state index in [-0.39, 0.29) is 0 Å². The minimum absolute atomic E-state index is 1.05. The topological polar surface area (TPSA) is 109 Å². The normalized spacial score (nSPS) is 11.1. The van der Waals surface area contributed by atoms with Crippen molar-refractivity contribution in [3.63, 3.8) is 0 Å². The minimum Gasteiger partial charge on any atom is -0.222 e. The maximum Gasteiger partial charge on any atom is 0.330 e. The Morgan fingerprint density at radius 3 is 2.17 bits per heavy atom. The monoisotopic (exact) mass is 272 g/mol. The van der Waals surface area contributed by atoms with Crippen LogP contribution in [0.15, 0.2) is 24.5 Å². The van der Waals surface area contributed by atoms with Gasteiger partial charge in [-0.1, -0.05) is 0 Å². The van der Waals surface area contributed by atoms with Crippen molar-refractivity contribution in [2.75, 3.05) is 0 Å². The molecule has 2 aromatic rings. The fraction of sp³-hybridized carbons (Fsp3) is 0.273. The lowest BCUT2D eigenvalue weighted by molar-refractivity contribution is -2.00. The highest BCUT2D eigenvalue weighted by Gasteiger charge is 2.10. The molecule has 0 aliphatic carbocycles. The highest BCUT2D eigenvalue weighted by Crippen LogP contribution is 2.04. The molecule has 98 valence electrons. The second-order valence-corrected chi connectivity index (χ2v) is 4.55. The number of hydrogen-bond donors (Lipinski definition) is 0. The highest BCUT2D eigenvalue weighted by atomic mass is 35.7. The maximum absolute atomic E-state index is 8.49. The summed E-state index contributed by atoms with van der Waals surface area (Å²) in [5.41, 5.74) is 4.74. The number of aryl methyl sites for hydroxylation is 3. The van der Waals surface area contributed by atoms with Gasteiger partial charge in [0.05, 0.1) is 6.20 Å². The molecule has 0 aliphatic heterocycles. The Hall–Kier alpha value is -1.31. The zero-order valence-corrected chi connectivity index (χ0v) is 11.0. The number of pyridine rings is 1. The molecule has 18 heavy (non-hydrogen) atoms. The first-order chi connectivity index (χ1) is 8.20. The zero-order valence-electron chi connectivity index (χ0n) is 10.2. The van der Waals surface area contributed by atoms with Gasteiger partial charge in [0.15, 0.2) is 0 Å². The first-order valence-corrected chi connectivity index (χ1v) is 6.28. The quantitative estimate of drug-likeness (QED) is 0.475. The molecule has 0 bridgehead atoms. The van der Waals surface area contributed by atoms with Gasteiger partial charge in [0.25, 0.3) is 0 Å². The zero-order chi connectivity index (χ0) is 13.9. The van der Waals surface area contributed by atoms with Crippen LogP contribution in [0.4, 0.5) is 0 Å². The fourth-order valence-electron chi connectivity index (χ4n) is 1.48. The molecule has 0 atom stereocenters. The highest BCUT2D eigenvalue weighted by molar-refractivity contribution is 5.39. The van der Waals surface area contributed by atoms with E-state index in [1.165, 1.54) is 16.8 Å². The minimum atomic E-state index is -4.94. The van der Waals surface area contributed by atoms with E-state index in [0.29, 0.717) is 0 Å². The second-order valence-electron chi connectivity index (χ2n) is 3.79. The average molecular weight is 273 g/mol. The van der Waals surface area contributed by atoms with E-state index < -0.39 is 10.2 Å². The van der Waals surface area contributed by atoms with Crippen LogP contribution in [0.2, 0.25) is 0 Å². The Morgan fingerprint density at radius 1 is 1.06 bits per heavy atom. The van der Waals surface area contributed by atoms with Gasteiger partial charge in [0.1, 0.15) is 11.9 Å². The SMILES string of the molecule is Cc1cnc2c(C)ccc[n+]2c1C.[O-][Cl+3]([O-])([O-])[O-]. The van der Waals surface area contributed by atoms with Crippen molar-refractivity contribution >= 4 is 5.65 Å². The third-order valence-electron chi connectivity index (χ3n) is 2.47. The van der Waals surface area contributed by atoms with E-state index in [1.807, 2.05) is 6.20 Å². The summed E-state index contributed by atoms with van der Waals surface area (Å²) in [6, 6.07) is 4.13. The molecule has 0 radical (unpaired) electrons. The molecule has 6 nitrogen and oxygen atoms in total. The van der Waals surface area contributed by atoms with Gasteiger partial charge in [0.2, 0.25) is 0 Å². The molecular weight excluding hydrogens is 260 g/mol. The van der Waals surface area contributed by atoms with Crippen LogP contribution in [-0.2, 0) is 0 Å². The summed E-state index contributed by atoms with van der Waals surface area (Å²) in [6.07, 6.45) is 3.98. The average Bonchev–Trinajstić information content (AvgIpc) is 2.22. The molecule has 0 N–H and O–H groups in total. The Morgan fingerprint density at radius 2 is 1.61 bits per heavy atom. The standard InChI is InChI=1S/C11H13N2.ClHO4/c1-8-5-4-6-13-10(3)9(2)7-12-11(8)13;2-1(3,4)5/h4-7H,1-3H3;(H,2,3,4,5)/q+1;/p-1. The molecule has 7 heteroatoms. The van der Waals surface area contributed by atoms with Gasteiger partial charge in [-0.05, 0) is 37.9 Å². The molecule has 0 spiro atoms. The van der Waals surface area contributed by atoms with Crippen molar-refractivity contribution in [3.05, 3.63) is 41.3 Å². The number of rotatable bonds is 0. The number of fused-ring (bicyclic) bond motifs is 1. The van der Waals surface area contributed by atoms with Crippen LogP contribution < -0.4 is 23.0 Å². The van der Waals surface area contributed by atoms with Crippen LogP contribution in [0.25, 0.3) is 5.65 Å². The molecule has 0 amide bonds. The van der Waals surface area contributed by atoms with E-state index in [4.69, 9.17) is 18.6 Å². The van der Waals surface area contributed by atoms with Crippen molar-refractivity contribution in [2.24, 2.45) is 0 Å². The van der Waals surface area contributed by atoms with Crippen molar-refractivity contribution in [2.45, 2.75) is 20.8 Å². The molecular formula is C11H13ClN2O4. The number of nitrogens with zero attached hydrogens (tertiary/aromatic N) is 2. The molecule has 0 saturated heterocycles. The van der Waals surface area contributed by atoms with Gasteiger partial charge in [-0.15, -0.1) is 10.2 Å². The summed E-state index contributed by atoms with van der Waals surface area (Å²) in [5, 5.41) is 0. The van der Waals surface area contributed by atoms with Crippen molar-refractivity contribution in [3.8, 4) is 0 Å². The molecule has 0 saturated carbocycles. The third-order valence-corrected chi connectivity index (χ3v) is 2.47. The van der Waals surface area contributed by atoms with Gasteiger partial charge in [-0.25, -0.2) is 23.0 Å². The van der Waals surface area contributed by atoms with Crippen LogP contribution in [0.3, 0.4) is 0 Å². The van der Waals surface area contributed by atoms with Crippen LogP contribution in [0.5, 0.6) is 0 Å². The van der Waals surface area contributed by atoms with Crippen LogP contribution >= 0.6 is 0 Å². The molecule has 0 aliphatic rings. The molecule has 2 aromatic heterocycles. The van der Waals surface area contributed by atoms with E-state index >= 15 is 0 Å². The predicted octanol–water partition coefficient (Wildman–Crippen LogP) is -3.01. The van der Waals surface area contributed by atoms with Gasteiger partial charge in [-0.2, -0.15) is 0 Å². The fourth-order valence-corrected chi connectivity index (χ4v) is 1.48. The molecule has 0 aromatic carbocycles. The first-order valence-electron chi connectivity index (χ1n) is 5.05. The predicted molar refractivity (Wildman–Crippen MR) is 51.6 cm³/mol. The van der Waals surface area contributed by atoms with Crippen molar-refractivity contribution < 1.29 is 33.3 Å². The van der Waals surface area contributed by atoms with E-state index in [2.05, 4.69) is 48.5 Å². The lowest BCUT2D eigenvalue weighted by Gasteiger charge is -2.17. The van der Waals surface area contributed by atoms with Crippen molar-refractivity contribution in [1.29, 1.82) is 0 Å². The Kier molecular flexibility index (Phi) is 4.55. The van der Waals surface area contributed by atoms with Gasteiger partial charge in [0, 0.05) is 11.1 Å². The smallest absolute Gasteiger partial charge is 0.222 e. The largest absolute Gasteiger partial charge is 0.330 e. The van der Waals surface area contributed by atoms with Gasteiger partial charge in [-0.3, -0.25) is 0 Å². The van der Waals surface area contributed by atoms with E-state index in [9.17, 15) is 0 Å². The summed E-state index contributed by atoms with van der Waals surface area (Å²) in [6.45, 7) is 6.28. The maximum atomic E-state index is 8.49. The first kappa shape index (κ1) is 14.7. The Labute approximate surface area is 107 Å². The summed E-state index contributed by atoms with van der Waals surface area (Å²) in [4.78, 5) is 4.40. The lowest BCUT2D eigenvalue weighted by Crippen LogP contribution is -2.68. The molecule has 0 fully saturated rings. The van der Waals surface area contributed by atoms with Gasteiger partial charge < -0.3 is 0 Å². The number of aromatic nitrogens is 2. The second kappa shape index (κ2) is 5.55. The Balaban J connectivity index is 0.000000280.